The van der Waals surface area contributed by atoms with Crippen molar-refractivity contribution < 1.29 is 5.11 Å². The number of thiophene rings is 1. The molecule has 0 saturated heterocycles. The van der Waals surface area contributed by atoms with Crippen molar-refractivity contribution >= 4 is 33.2 Å². The van der Waals surface area contributed by atoms with E-state index in [2.05, 4.69) is 13.2 Å². The lowest BCUT2D eigenvalue weighted by Gasteiger charge is -1.96. The van der Waals surface area contributed by atoms with Gasteiger partial charge in [-0.3, -0.25) is 0 Å². The number of fused-ring (bicyclic) bond motifs is 1. The van der Waals surface area contributed by atoms with Crippen LogP contribution in [-0.2, 0) is 0 Å². The number of phenolic OH excluding ortho intramolecular Hbond substituents is 1. The molecule has 0 aliphatic rings. The van der Waals surface area contributed by atoms with Crippen molar-refractivity contribution in [2.24, 2.45) is 0 Å². The Morgan fingerprint density at radius 1 is 1.38 bits per heavy atom. The van der Waals surface area contributed by atoms with E-state index >= 15 is 0 Å². The zero-order valence-corrected chi connectivity index (χ0v) is 9.13. The molecule has 1 aromatic heterocycles. The molecular formula is C10H10OS2. The summed E-state index contributed by atoms with van der Waals surface area (Å²) in [7, 11) is 0. The van der Waals surface area contributed by atoms with Crippen molar-refractivity contribution in [3.05, 3.63) is 23.8 Å². The molecule has 0 atom stereocenters. The summed E-state index contributed by atoms with van der Waals surface area (Å²) in [6.45, 7) is 2.07. The first-order valence-electron chi connectivity index (χ1n) is 3.98. The Bertz CT molecular complexity index is 406. The molecule has 0 amide bonds. The Hall–Kier alpha value is -0.670. The lowest BCUT2D eigenvalue weighted by molar-refractivity contribution is 0.481. The molecule has 0 radical (unpaired) electrons. The van der Waals surface area contributed by atoms with Gasteiger partial charge in [0.25, 0.3) is 0 Å². The van der Waals surface area contributed by atoms with Crippen LogP contribution in [0.1, 0.15) is 5.56 Å². The maximum Gasteiger partial charge on any atom is 0.124 e. The van der Waals surface area contributed by atoms with E-state index in [-0.39, 0.29) is 0 Å². The second-order valence-corrected chi connectivity index (χ2v) is 5.07. The zero-order chi connectivity index (χ0) is 9.42. The van der Waals surface area contributed by atoms with Gasteiger partial charge in [0.05, 0.1) is 4.21 Å². The topological polar surface area (TPSA) is 20.2 Å². The molecule has 13 heavy (non-hydrogen) atoms. The van der Waals surface area contributed by atoms with E-state index in [1.165, 1.54) is 14.5 Å². The number of rotatable bonds is 1. The molecular weight excluding hydrogens is 200 g/mol. The van der Waals surface area contributed by atoms with Gasteiger partial charge in [-0.1, -0.05) is 6.07 Å². The Morgan fingerprint density at radius 2 is 2.15 bits per heavy atom. The molecule has 0 unspecified atom stereocenters. The Balaban J connectivity index is 2.80. The minimum atomic E-state index is 0.386. The first-order valence-corrected chi connectivity index (χ1v) is 6.02. The standard InChI is InChI=1S/C10H10OS2/c1-6-3-4-8(11)7-5-9(12-2)13-10(6)7/h3-5,11H,1-2H3. The van der Waals surface area contributed by atoms with Crippen molar-refractivity contribution in [2.45, 2.75) is 11.1 Å². The number of phenols is 1. The molecule has 0 fully saturated rings. The van der Waals surface area contributed by atoms with Crippen LogP contribution in [0, 0.1) is 6.92 Å². The summed E-state index contributed by atoms with van der Waals surface area (Å²) in [6.07, 6.45) is 2.05. The SMILES string of the molecule is CSc1cc2c(O)ccc(C)c2s1. The molecule has 0 spiro atoms. The predicted octanol–water partition coefficient (Wildman–Crippen LogP) is 3.64. The molecule has 0 saturated carbocycles. The minimum absolute atomic E-state index is 0.386. The average molecular weight is 210 g/mol. The van der Waals surface area contributed by atoms with Gasteiger partial charge in [0, 0.05) is 10.1 Å². The van der Waals surface area contributed by atoms with Gasteiger partial charge in [0.15, 0.2) is 0 Å². The lowest BCUT2D eigenvalue weighted by atomic mass is 10.2. The fourth-order valence-corrected chi connectivity index (χ4v) is 3.02. The summed E-state index contributed by atoms with van der Waals surface area (Å²) >= 11 is 3.46. The molecule has 0 aliphatic heterocycles. The molecule has 3 heteroatoms. The van der Waals surface area contributed by atoms with Gasteiger partial charge in [-0.05, 0) is 30.9 Å². The molecule has 2 aromatic rings. The molecule has 68 valence electrons. The first-order chi connectivity index (χ1) is 6.22. The molecule has 1 aromatic carbocycles. The van der Waals surface area contributed by atoms with Gasteiger partial charge in [-0.25, -0.2) is 0 Å². The Labute approximate surface area is 85.4 Å². The third-order valence-electron chi connectivity index (χ3n) is 2.04. The van der Waals surface area contributed by atoms with E-state index in [0.717, 1.165) is 5.39 Å². The number of aromatic hydroxyl groups is 1. The molecule has 1 heterocycles. The summed E-state index contributed by atoms with van der Waals surface area (Å²) in [5, 5.41) is 10.6. The summed E-state index contributed by atoms with van der Waals surface area (Å²) < 4.78 is 2.45. The highest BCUT2D eigenvalue weighted by Crippen LogP contribution is 2.37. The van der Waals surface area contributed by atoms with Crippen LogP contribution >= 0.6 is 23.1 Å². The number of benzene rings is 1. The number of aryl methyl sites for hydroxylation is 1. The van der Waals surface area contributed by atoms with Crippen molar-refractivity contribution in [3.63, 3.8) is 0 Å². The van der Waals surface area contributed by atoms with Crippen LogP contribution in [0.15, 0.2) is 22.4 Å². The summed E-state index contributed by atoms with van der Waals surface area (Å²) in [5.41, 5.74) is 1.23. The normalized spacial score (nSPS) is 10.9. The number of thioether (sulfide) groups is 1. The fourth-order valence-electron chi connectivity index (χ4n) is 1.32. The molecule has 1 nitrogen and oxygen atoms in total. The van der Waals surface area contributed by atoms with Crippen LogP contribution in [0.25, 0.3) is 10.1 Å². The van der Waals surface area contributed by atoms with E-state index in [9.17, 15) is 5.11 Å². The van der Waals surface area contributed by atoms with E-state index in [0.29, 0.717) is 5.75 Å². The molecule has 0 aliphatic carbocycles. The quantitative estimate of drug-likeness (QED) is 0.725. The largest absolute Gasteiger partial charge is 0.507 e. The number of hydrogen-bond acceptors (Lipinski definition) is 3. The fraction of sp³-hybridized carbons (Fsp3) is 0.200. The van der Waals surface area contributed by atoms with Crippen molar-refractivity contribution in [1.82, 2.24) is 0 Å². The average Bonchev–Trinajstić information content (AvgIpc) is 2.56. The summed E-state index contributed by atoms with van der Waals surface area (Å²) in [5.74, 6) is 0.386. The highest BCUT2D eigenvalue weighted by molar-refractivity contribution is 8.00. The van der Waals surface area contributed by atoms with Crippen LogP contribution in [0.3, 0.4) is 0 Å². The summed E-state index contributed by atoms with van der Waals surface area (Å²) in [6, 6.07) is 5.76. The highest BCUT2D eigenvalue weighted by atomic mass is 32.2. The van der Waals surface area contributed by atoms with Crippen LogP contribution in [-0.4, -0.2) is 11.4 Å². The molecule has 2 rings (SSSR count). The van der Waals surface area contributed by atoms with E-state index in [4.69, 9.17) is 0 Å². The third kappa shape index (κ3) is 1.42. The van der Waals surface area contributed by atoms with E-state index in [1.54, 1.807) is 29.2 Å². The second kappa shape index (κ2) is 3.24. The van der Waals surface area contributed by atoms with E-state index < -0.39 is 0 Å². The van der Waals surface area contributed by atoms with Crippen molar-refractivity contribution in [3.8, 4) is 5.75 Å². The van der Waals surface area contributed by atoms with Crippen LogP contribution < -0.4 is 0 Å². The van der Waals surface area contributed by atoms with Gasteiger partial charge in [-0.2, -0.15) is 0 Å². The lowest BCUT2D eigenvalue weighted by Crippen LogP contribution is -1.71. The number of hydrogen-bond donors (Lipinski definition) is 1. The van der Waals surface area contributed by atoms with E-state index in [1.807, 2.05) is 12.1 Å². The predicted molar refractivity (Wildman–Crippen MR) is 60.0 cm³/mol. The first kappa shape index (κ1) is 8.91. The van der Waals surface area contributed by atoms with Gasteiger partial charge in [0.2, 0.25) is 0 Å². The van der Waals surface area contributed by atoms with Crippen LogP contribution in [0.5, 0.6) is 5.75 Å². The van der Waals surface area contributed by atoms with Gasteiger partial charge >= 0.3 is 0 Å². The van der Waals surface area contributed by atoms with Crippen LogP contribution in [0.2, 0.25) is 0 Å². The summed E-state index contributed by atoms with van der Waals surface area (Å²) in [4.78, 5) is 0. The van der Waals surface area contributed by atoms with Crippen molar-refractivity contribution in [1.29, 1.82) is 0 Å². The van der Waals surface area contributed by atoms with Gasteiger partial charge < -0.3 is 5.11 Å². The smallest absolute Gasteiger partial charge is 0.124 e. The Morgan fingerprint density at radius 3 is 2.77 bits per heavy atom. The highest BCUT2D eigenvalue weighted by Gasteiger charge is 2.06. The maximum absolute atomic E-state index is 9.60. The Kier molecular flexibility index (Phi) is 2.22. The maximum atomic E-state index is 9.60. The second-order valence-electron chi connectivity index (χ2n) is 2.91. The minimum Gasteiger partial charge on any atom is -0.507 e. The molecule has 1 N–H and O–H groups in total. The third-order valence-corrected chi connectivity index (χ3v) is 4.37. The van der Waals surface area contributed by atoms with Gasteiger partial charge in [-0.15, -0.1) is 23.1 Å². The zero-order valence-electron chi connectivity index (χ0n) is 7.50. The molecule has 0 bridgehead atoms. The monoisotopic (exact) mass is 210 g/mol. The van der Waals surface area contributed by atoms with Gasteiger partial charge in [0.1, 0.15) is 5.75 Å². The van der Waals surface area contributed by atoms with Crippen molar-refractivity contribution in [2.75, 3.05) is 6.26 Å². The van der Waals surface area contributed by atoms with Crippen LogP contribution in [0.4, 0.5) is 0 Å².